The summed E-state index contributed by atoms with van der Waals surface area (Å²) in [5.74, 6) is 0. The van der Waals surface area contributed by atoms with Crippen LogP contribution in [0.2, 0.25) is 0 Å². The highest BCUT2D eigenvalue weighted by Crippen LogP contribution is 2.35. The number of fused-ring (bicyclic) bond motifs is 3. The van der Waals surface area contributed by atoms with Gasteiger partial charge in [-0.05, 0) is 70.0 Å². The Morgan fingerprint density at radius 1 is 1.21 bits per heavy atom. The normalized spacial score (nSPS) is 17.9. The van der Waals surface area contributed by atoms with Crippen LogP contribution in [0.3, 0.4) is 0 Å². The lowest BCUT2D eigenvalue weighted by Crippen LogP contribution is -2.34. The molecular formula is C19H28N4O. The quantitative estimate of drug-likeness (QED) is 0.830. The molecule has 2 aromatic heterocycles. The highest BCUT2D eigenvalue weighted by molar-refractivity contribution is 5.81. The number of hydrogen-bond acceptors (Lipinski definition) is 3. The highest BCUT2D eigenvalue weighted by Gasteiger charge is 2.28. The molecule has 2 aromatic rings. The number of hydrogen-bond donors (Lipinski definition) is 1. The van der Waals surface area contributed by atoms with E-state index in [0.717, 1.165) is 69.4 Å². The van der Waals surface area contributed by atoms with Crippen LogP contribution in [0.5, 0.6) is 0 Å². The van der Waals surface area contributed by atoms with Crippen molar-refractivity contribution in [3.63, 3.8) is 0 Å². The topological polar surface area (TPSA) is 51.9 Å². The third-order valence-corrected chi connectivity index (χ3v) is 5.72. The molecule has 0 bridgehead atoms. The second-order valence-corrected chi connectivity index (χ2v) is 7.24. The van der Waals surface area contributed by atoms with Crippen molar-refractivity contribution < 1.29 is 0 Å². The Bertz CT molecular complexity index is 785. The zero-order chi connectivity index (χ0) is 16.5. The summed E-state index contributed by atoms with van der Waals surface area (Å²) in [6.07, 6.45) is 10.9. The lowest BCUT2D eigenvalue weighted by Gasteiger charge is -2.30. The SMILES string of the molecule is CCNCCCn1ncc2c3c(c(=O)n(C4CCC4)c21)CCCC3. The predicted octanol–water partition coefficient (Wildman–Crippen LogP) is 2.80. The van der Waals surface area contributed by atoms with E-state index in [1.54, 1.807) is 0 Å². The van der Waals surface area contributed by atoms with Crippen molar-refractivity contribution in [2.24, 2.45) is 0 Å². The molecule has 1 saturated carbocycles. The van der Waals surface area contributed by atoms with E-state index in [4.69, 9.17) is 0 Å². The first-order chi connectivity index (χ1) is 11.8. The molecule has 0 radical (unpaired) electrons. The van der Waals surface area contributed by atoms with E-state index in [9.17, 15) is 4.79 Å². The van der Waals surface area contributed by atoms with Crippen molar-refractivity contribution in [1.82, 2.24) is 19.7 Å². The molecule has 4 rings (SSSR count). The molecule has 1 fully saturated rings. The van der Waals surface area contributed by atoms with E-state index in [1.807, 2.05) is 6.20 Å². The van der Waals surface area contributed by atoms with Gasteiger partial charge in [0.15, 0.2) is 0 Å². The zero-order valence-corrected chi connectivity index (χ0v) is 14.7. The summed E-state index contributed by atoms with van der Waals surface area (Å²) in [5.41, 5.74) is 3.72. The molecule has 0 aliphatic heterocycles. The van der Waals surface area contributed by atoms with Crippen molar-refractivity contribution in [2.45, 2.75) is 70.9 Å². The van der Waals surface area contributed by atoms with E-state index in [1.165, 1.54) is 23.8 Å². The smallest absolute Gasteiger partial charge is 0.255 e. The molecule has 5 nitrogen and oxygen atoms in total. The van der Waals surface area contributed by atoms with Gasteiger partial charge >= 0.3 is 0 Å². The first-order valence-electron chi connectivity index (χ1n) is 9.63. The fraction of sp³-hybridized carbons (Fsp3) is 0.684. The van der Waals surface area contributed by atoms with Crippen LogP contribution in [-0.4, -0.2) is 27.4 Å². The Hall–Kier alpha value is -1.62. The Balaban J connectivity index is 1.81. The van der Waals surface area contributed by atoms with Crippen LogP contribution >= 0.6 is 0 Å². The summed E-state index contributed by atoms with van der Waals surface area (Å²) in [5, 5.41) is 9.28. The first-order valence-corrected chi connectivity index (χ1v) is 9.63. The molecule has 1 N–H and O–H groups in total. The van der Waals surface area contributed by atoms with Gasteiger partial charge in [-0.2, -0.15) is 5.10 Å². The molecule has 2 heterocycles. The van der Waals surface area contributed by atoms with Gasteiger partial charge in [0.25, 0.3) is 5.56 Å². The highest BCUT2D eigenvalue weighted by atomic mass is 16.1. The molecule has 24 heavy (non-hydrogen) atoms. The summed E-state index contributed by atoms with van der Waals surface area (Å²) in [6.45, 7) is 5.00. The molecule has 0 aromatic carbocycles. The van der Waals surface area contributed by atoms with E-state index in [-0.39, 0.29) is 5.56 Å². The number of nitrogens with zero attached hydrogens (tertiary/aromatic N) is 3. The monoisotopic (exact) mass is 328 g/mol. The molecule has 0 atom stereocenters. The third kappa shape index (κ3) is 2.59. The Morgan fingerprint density at radius 2 is 2.00 bits per heavy atom. The van der Waals surface area contributed by atoms with Gasteiger partial charge < -0.3 is 5.32 Å². The van der Waals surface area contributed by atoms with Gasteiger partial charge in [0.05, 0.1) is 6.20 Å². The van der Waals surface area contributed by atoms with Gasteiger partial charge in [-0.25, -0.2) is 4.68 Å². The summed E-state index contributed by atoms with van der Waals surface area (Å²) in [4.78, 5) is 13.2. The molecule has 5 heteroatoms. The van der Waals surface area contributed by atoms with E-state index >= 15 is 0 Å². The molecule has 2 aliphatic carbocycles. The Kier molecular flexibility index (Phi) is 4.44. The number of aryl methyl sites for hydroxylation is 2. The largest absolute Gasteiger partial charge is 0.317 e. The molecular weight excluding hydrogens is 300 g/mol. The summed E-state index contributed by atoms with van der Waals surface area (Å²) in [7, 11) is 0. The van der Waals surface area contributed by atoms with Crippen molar-refractivity contribution in [2.75, 3.05) is 13.1 Å². The number of aromatic nitrogens is 3. The summed E-state index contributed by atoms with van der Waals surface area (Å²) < 4.78 is 4.19. The molecule has 0 unspecified atom stereocenters. The standard InChI is InChI=1S/C19H28N4O/c1-2-20-11-6-12-22-18-17(13-21-22)15-9-3-4-10-16(15)19(24)23(18)14-7-5-8-14/h13-14,20H,2-12H2,1H3. The third-order valence-electron chi connectivity index (χ3n) is 5.72. The summed E-state index contributed by atoms with van der Waals surface area (Å²) >= 11 is 0. The van der Waals surface area contributed by atoms with Crippen LogP contribution < -0.4 is 10.9 Å². The lowest BCUT2D eigenvalue weighted by atomic mass is 9.88. The minimum atomic E-state index is 0.273. The minimum absolute atomic E-state index is 0.273. The van der Waals surface area contributed by atoms with Gasteiger partial charge in [-0.1, -0.05) is 6.92 Å². The van der Waals surface area contributed by atoms with Crippen LogP contribution in [0.15, 0.2) is 11.0 Å². The second-order valence-electron chi connectivity index (χ2n) is 7.24. The zero-order valence-electron chi connectivity index (χ0n) is 14.7. The van der Waals surface area contributed by atoms with Crippen molar-refractivity contribution >= 4 is 11.0 Å². The molecule has 130 valence electrons. The number of nitrogens with one attached hydrogen (secondary N) is 1. The maximum Gasteiger partial charge on any atom is 0.255 e. The van der Waals surface area contributed by atoms with Crippen molar-refractivity contribution in [1.29, 1.82) is 0 Å². The Labute approximate surface area is 143 Å². The molecule has 0 spiro atoms. The van der Waals surface area contributed by atoms with E-state index < -0.39 is 0 Å². The molecule has 2 aliphatic rings. The van der Waals surface area contributed by atoms with Crippen LogP contribution in [0, 0.1) is 0 Å². The first kappa shape index (κ1) is 15.9. The lowest BCUT2D eigenvalue weighted by molar-refractivity contribution is 0.309. The Morgan fingerprint density at radius 3 is 2.71 bits per heavy atom. The van der Waals surface area contributed by atoms with Crippen LogP contribution in [0.1, 0.15) is 62.6 Å². The average molecular weight is 328 g/mol. The fourth-order valence-electron chi connectivity index (χ4n) is 4.20. The van der Waals surface area contributed by atoms with Gasteiger partial charge in [-0.15, -0.1) is 0 Å². The van der Waals surface area contributed by atoms with Gasteiger partial charge in [0, 0.05) is 23.5 Å². The number of pyridine rings is 1. The van der Waals surface area contributed by atoms with Crippen LogP contribution in [-0.2, 0) is 19.4 Å². The van der Waals surface area contributed by atoms with Crippen LogP contribution in [0.25, 0.3) is 11.0 Å². The fourth-order valence-corrected chi connectivity index (χ4v) is 4.20. The average Bonchev–Trinajstić information content (AvgIpc) is 2.97. The second kappa shape index (κ2) is 6.71. The van der Waals surface area contributed by atoms with E-state index in [2.05, 4.69) is 26.6 Å². The minimum Gasteiger partial charge on any atom is -0.317 e. The predicted molar refractivity (Wildman–Crippen MR) is 96.7 cm³/mol. The van der Waals surface area contributed by atoms with Gasteiger partial charge in [-0.3, -0.25) is 9.36 Å². The maximum atomic E-state index is 13.2. The van der Waals surface area contributed by atoms with Crippen molar-refractivity contribution in [3.05, 3.63) is 27.7 Å². The molecule has 0 saturated heterocycles. The summed E-state index contributed by atoms with van der Waals surface area (Å²) in [6, 6.07) is 0.386. The van der Waals surface area contributed by atoms with E-state index in [0.29, 0.717) is 6.04 Å². The van der Waals surface area contributed by atoms with Gasteiger partial charge in [0.2, 0.25) is 0 Å². The van der Waals surface area contributed by atoms with Gasteiger partial charge in [0.1, 0.15) is 5.65 Å². The van der Waals surface area contributed by atoms with Crippen LogP contribution in [0.4, 0.5) is 0 Å². The molecule has 0 amide bonds. The number of rotatable bonds is 6. The van der Waals surface area contributed by atoms with Crippen molar-refractivity contribution in [3.8, 4) is 0 Å². The maximum absolute atomic E-state index is 13.2.